The molecule has 1 aromatic carbocycles. The van der Waals surface area contributed by atoms with Gasteiger partial charge in [-0.05, 0) is 25.1 Å². The van der Waals surface area contributed by atoms with Gasteiger partial charge in [0.2, 0.25) is 0 Å². The second-order valence-electron chi connectivity index (χ2n) is 5.30. The van der Waals surface area contributed by atoms with E-state index in [1.165, 1.54) is 6.33 Å². The van der Waals surface area contributed by atoms with Crippen molar-refractivity contribution in [1.29, 1.82) is 0 Å². The van der Waals surface area contributed by atoms with E-state index in [9.17, 15) is 4.79 Å². The van der Waals surface area contributed by atoms with Gasteiger partial charge in [-0.25, -0.2) is 15.0 Å². The average molecular weight is 306 g/mol. The van der Waals surface area contributed by atoms with Crippen LogP contribution in [0.1, 0.15) is 18.8 Å². The normalized spacial score (nSPS) is 12.6. The van der Waals surface area contributed by atoms with Crippen LogP contribution in [0.5, 0.6) is 0 Å². The highest BCUT2D eigenvalue weighted by molar-refractivity contribution is 5.86. The van der Waals surface area contributed by atoms with Crippen molar-refractivity contribution in [2.75, 3.05) is 5.32 Å². The summed E-state index contributed by atoms with van der Waals surface area (Å²) in [7, 11) is 0. The molecule has 0 saturated carbocycles. The predicted octanol–water partition coefficient (Wildman–Crippen LogP) is 2.37. The molecule has 3 N–H and O–H groups in total. The molecule has 0 amide bonds. The van der Waals surface area contributed by atoms with Gasteiger partial charge in [0.15, 0.2) is 0 Å². The molecular weight excluding hydrogens is 292 g/mol. The number of hydrogen-bond donors (Lipinski definition) is 3. The van der Waals surface area contributed by atoms with Crippen molar-refractivity contribution < 1.29 is 0 Å². The van der Waals surface area contributed by atoms with Gasteiger partial charge in [0.05, 0.1) is 22.3 Å². The number of nitrogens with one attached hydrogen (secondary N) is 3. The van der Waals surface area contributed by atoms with Crippen molar-refractivity contribution in [3.63, 3.8) is 0 Å². The van der Waals surface area contributed by atoms with Crippen LogP contribution in [0.25, 0.3) is 21.9 Å². The smallest absolute Gasteiger partial charge is 0.258 e. The number of fused-ring (bicyclic) bond motifs is 2. The van der Waals surface area contributed by atoms with Gasteiger partial charge in [-0.15, -0.1) is 0 Å². The minimum absolute atomic E-state index is 0.145. The SMILES string of the molecule is CC(Nc1ncnc2[nH]ccc12)c1nc2ccccc2c(=O)[nH]1. The second kappa shape index (κ2) is 5.20. The standard InChI is InChI=1S/C16H14N6O/c1-9(20-15-11-6-7-17-14(11)18-8-19-15)13-21-12-5-3-2-4-10(12)16(23)22-13/h2-9H,1H3,(H,21,22,23)(H2,17,18,19,20). The third-order valence-corrected chi connectivity index (χ3v) is 3.75. The lowest BCUT2D eigenvalue weighted by Gasteiger charge is -2.14. The first-order valence-corrected chi connectivity index (χ1v) is 7.26. The number of aromatic nitrogens is 5. The Bertz CT molecular complexity index is 1050. The Morgan fingerprint density at radius 1 is 1.13 bits per heavy atom. The van der Waals surface area contributed by atoms with Gasteiger partial charge in [0.25, 0.3) is 5.56 Å². The van der Waals surface area contributed by atoms with Crippen molar-refractivity contribution in [3.8, 4) is 0 Å². The highest BCUT2D eigenvalue weighted by Crippen LogP contribution is 2.22. The van der Waals surface area contributed by atoms with Crippen molar-refractivity contribution in [1.82, 2.24) is 24.9 Å². The van der Waals surface area contributed by atoms with Crippen LogP contribution in [-0.4, -0.2) is 24.9 Å². The molecule has 0 bridgehead atoms. The average Bonchev–Trinajstić information content (AvgIpc) is 3.04. The minimum Gasteiger partial charge on any atom is -0.360 e. The summed E-state index contributed by atoms with van der Waals surface area (Å²) in [5.74, 6) is 1.26. The van der Waals surface area contributed by atoms with Crippen molar-refractivity contribution in [2.45, 2.75) is 13.0 Å². The molecule has 4 aromatic rings. The van der Waals surface area contributed by atoms with Gasteiger partial charge in [-0.1, -0.05) is 12.1 Å². The number of hydrogen-bond acceptors (Lipinski definition) is 5. The molecule has 0 saturated heterocycles. The van der Waals surface area contributed by atoms with E-state index in [4.69, 9.17) is 0 Å². The van der Waals surface area contributed by atoms with E-state index in [1.807, 2.05) is 37.4 Å². The van der Waals surface area contributed by atoms with Gasteiger partial charge in [0.1, 0.15) is 23.6 Å². The molecule has 7 heteroatoms. The highest BCUT2D eigenvalue weighted by atomic mass is 16.1. The van der Waals surface area contributed by atoms with Crippen LogP contribution < -0.4 is 10.9 Å². The molecule has 3 aromatic heterocycles. The lowest BCUT2D eigenvalue weighted by Crippen LogP contribution is -2.18. The molecule has 1 unspecified atom stereocenters. The first-order chi connectivity index (χ1) is 11.2. The monoisotopic (exact) mass is 306 g/mol. The Morgan fingerprint density at radius 3 is 2.91 bits per heavy atom. The third kappa shape index (κ3) is 2.32. The summed E-state index contributed by atoms with van der Waals surface area (Å²) in [4.78, 5) is 31.0. The molecule has 1 atom stereocenters. The number of aromatic amines is 2. The molecule has 0 aliphatic rings. The quantitative estimate of drug-likeness (QED) is 0.539. The Labute approximate surface area is 130 Å². The maximum atomic E-state index is 12.2. The van der Waals surface area contributed by atoms with Crippen LogP contribution in [0.3, 0.4) is 0 Å². The zero-order valence-electron chi connectivity index (χ0n) is 12.4. The molecule has 3 heterocycles. The van der Waals surface area contributed by atoms with E-state index in [-0.39, 0.29) is 11.6 Å². The first-order valence-electron chi connectivity index (χ1n) is 7.26. The van der Waals surface area contributed by atoms with Gasteiger partial charge in [0, 0.05) is 6.20 Å². The zero-order chi connectivity index (χ0) is 15.8. The van der Waals surface area contributed by atoms with Crippen LogP contribution >= 0.6 is 0 Å². The number of rotatable bonds is 3. The largest absolute Gasteiger partial charge is 0.360 e. The Balaban J connectivity index is 1.73. The maximum Gasteiger partial charge on any atom is 0.258 e. The number of nitrogens with zero attached hydrogens (tertiary/aromatic N) is 3. The fraction of sp³-hybridized carbons (Fsp3) is 0.125. The topological polar surface area (TPSA) is 99.3 Å². The molecule has 0 fully saturated rings. The maximum absolute atomic E-state index is 12.2. The summed E-state index contributed by atoms with van der Waals surface area (Å²) in [6, 6.07) is 8.97. The summed E-state index contributed by atoms with van der Waals surface area (Å²) in [5, 5.41) is 4.75. The zero-order valence-corrected chi connectivity index (χ0v) is 12.4. The van der Waals surface area contributed by atoms with E-state index >= 15 is 0 Å². The summed E-state index contributed by atoms with van der Waals surface area (Å²) in [6.45, 7) is 1.92. The van der Waals surface area contributed by atoms with Crippen LogP contribution in [0.2, 0.25) is 0 Å². The van der Waals surface area contributed by atoms with Gasteiger partial charge in [-0.2, -0.15) is 0 Å². The third-order valence-electron chi connectivity index (χ3n) is 3.75. The van der Waals surface area contributed by atoms with Gasteiger partial charge >= 0.3 is 0 Å². The van der Waals surface area contributed by atoms with Crippen LogP contribution in [0.15, 0.2) is 47.7 Å². The fourth-order valence-electron chi connectivity index (χ4n) is 2.57. The number of para-hydroxylation sites is 1. The molecule has 23 heavy (non-hydrogen) atoms. The van der Waals surface area contributed by atoms with Crippen LogP contribution in [-0.2, 0) is 0 Å². The van der Waals surface area contributed by atoms with Crippen molar-refractivity contribution in [2.24, 2.45) is 0 Å². The molecule has 4 rings (SSSR count). The molecule has 0 aliphatic heterocycles. The molecule has 114 valence electrons. The van der Waals surface area contributed by atoms with Crippen molar-refractivity contribution in [3.05, 3.63) is 59.0 Å². The fourth-order valence-corrected chi connectivity index (χ4v) is 2.57. The van der Waals surface area contributed by atoms with Crippen LogP contribution in [0.4, 0.5) is 5.82 Å². The molecule has 0 aliphatic carbocycles. The predicted molar refractivity (Wildman–Crippen MR) is 88.3 cm³/mol. The lowest BCUT2D eigenvalue weighted by atomic mass is 10.2. The van der Waals surface area contributed by atoms with Gasteiger partial charge in [-0.3, -0.25) is 4.79 Å². The van der Waals surface area contributed by atoms with E-state index in [0.29, 0.717) is 22.5 Å². The summed E-state index contributed by atoms with van der Waals surface area (Å²) >= 11 is 0. The van der Waals surface area contributed by atoms with Crippen LogP contribution in [0, 0.1) is 0 Å². The molecule has 0 radical (unpaired) electrons. The van der Waals surface area contributed by atoms with Crippen molar-refractivity contribution >= 4 is 27.8 Å². The highest BCUT2D eigenvalue weighted by Gasteiger charge is 2.13. The summed E-state index contributed by atoms with van der Waals surface area (Å²) in [5.41, 5.74) is 1.29. The number of anilines is 1. The van der Waals surface area contributed by atoms with Gasteiger partial charge < -0.3 is 15.3 Å². The minimum atomic E-state index is -0.208. The molecular formula is C16H14N6O. The van der Waals surface area contributed by atoms with E-state index < -0.39 is 0 Å². The Kier molecular flexibility index (Phi) is 3.04. The number of H-pyrrole nitrogens is 2. The summed E-state index contributed by atoms with van der Waals surface area (Å²) in [6.07, 6.45) is 3.30. The molecule has 0 spiro atoms. The Morgan fingerprint density at radius 2 is 2.00 bits per heavy atom. The van der Waals surface area contributed by atoms with E-state index in [2.05, 4.69) is 30.2 Å². The second-order valence-corrected chi connectivity index (χ2v) is 5.30. The summed E-state index contributed by atoms with van der Waals surface area (Å²) < 4.78 is 0. The lowest BCUT2D eigenvalue weighted by molar-refractivity contribution is 0.787. The van der Waals surface area contributed by atoms with E-state index in [0.717, 1.165) is 11.0 Å². The number of benzene rings is 1. The molecule has 7 nitrogen and oxygen atoms in total. The Hall–Kier alpha value is -3.22. The first kappa shape index (κ1) is 13.4. The van der Waals surface area contributed by atoms with E-state index in [1.54, 1.807) is 6.07 Å².